The van der Waals surface area contributed by atoms with Gasteiger partial charge in [-0.25, -0.2) is 14.4 Å². The fraction of sp³-hybridized carbons (Fsp3) is 0.323. The van der Waals surface area contributed by atoms with E-state index in [9.17, 15) is 19.2 Å². The van der Waals surface area contributed by atoms with Crippen LogP contribution in [-0.2, 0) is 20.9 Å². The van der Waals surface area contributed by atoms with E-state index in [1.807, 2.05) is 12.1 Å². The van der Waals surface area contributed by atoms with E-state index in [0.717, 1.165) is 23.6 Å². The topological polar surface area (TPSA) is 137 Å². The van der Waals surface area contributed by atoms with Crippen LogP contribution in [0.25, 0.3) is 22.4 Å². The zero-order chi connectivity index (χ0) is 32.0. The molecule has 1 spiro atoms. The van der Waals surface area contributed by atoms with E-state index in [1.54, 1.807) is 37.7 Å². The molecule has 0 saturated carbocycles. The molecular formula is C31H30Cl2N7O5+. The Morgan fingerprint density at radius 1 is 1.11 bits per heavy atom. The minimum atomic E-state index is -1.21. The van der Waals surface area contributed by atoms with Gasteiger partial charge in [0.15, 0.2) is 5.92 Å². The number of aromatic nitrogens is 2. The van der Waals surface area contributed by atoms with Gasteiger partial charge in [0, 0.05) is 72.7 Å². The maximum atomic E-state index is 13.1. The molecule has 5 amide bonds. The fourth-order valence-corrected chi connectivity index (χ4v) is 6.65. The third-order valence-electron chi connectivity index (χ3n) is 8.38. The quantitative estimate of drug-likeness (QED) is 0.294. The Kier molecular flexibility index (Phi) is 8.06. The number of halogens is 2. The van der Waals surface area contributed by atoms with E-state index in [0.29, 0.717) is 52.8 Å². The maximum Gasteiger partial charge on any atom is 0.499 e. The number of urea groups is 1. The molecule has 232 valence electrons. The molecule has 1 aromatic carbocycles. The highest BCUT2D eigenvalue weighted by atomic mass is 35.5. The van der Waals surface area contributed by atoms with Crippen LogP contribution >= 0.6 is 23.2 Å². The standard InChI is InChI=1S/C31H29Cl2N7O5/c1-38-13-21(29(43)39(2)30(38)44)27(42)36-23-6-4-5-18(26(23)33)19-10-34-11-20(25(19)32)22-8-7-17(28(37-22)45-3)12-40-15-31(16-40)9-24(41)35-14-31/h4-8,10-11,13,21H,9,12,14-16H2,1-3H3,(H-,35,36,41,42)/p+1. The molecular weight excluding hydrogens is 621 g/mol. The lowest BCUT2D eigenvalue weighted by atomic mass is 9.79. The smallest absolute Gasteiger partial charge is 0.481 e. The number of pyridine rings is 2. The first kappa shape index (κ1) is 30.6. The highest BCUT2D eigenvalue weighted by molar-refractivity contribution is 6.39. The number of carbonyl (C=O) groups excluding carboxylic acids is 4. The molecule has 1 atom stereocenters. The van der Waals surface area contributed by atoms with Gasteiger partial charge in [-0.3, -0.25) is 19.5 Å². The molecule has 3 aliphatic rings. The molecule has 0 radical (unpaired) electrons. The lowest BCUT2D eigenvalue weighted by Gasteiger charge is -2.47. The third kappa shape index (κ3) is 5.65. The van der Waals surface area contributed by atoms with Crippen LogP contribution in [0, 0.1) is 11.3 Å². The van der Waals surface area contributed by atoms with Crippen LogP contribution < -0.4 is 15.4 Å². The van der Waals surface area contributed by atoms with Gasteiger partial charge >= 0.3 is 11.9 Å². The van der Waals surface area contributed by atoms with E-state index in [2.05, 4.69) is 20.5 Å². The second-order valence-corrected chi connectivity index (χ2v) is 12.3. The Morgan fingerprint density at radius 2 is 1.87 bits per heavy atom. The number of methoxy groups -OCH3 is 1. The normalized spacial score (nSPS) is 19.3. The number of imide groups is 1. The number of hydrogen-bond acceptors (Lipinski definition) is 8. The number of carbonyl (C=O) groups is 4. The van der Waals surface area contributed by atoms with Gasteiger partial charge in [0.05, 0.1) is 48.8 Å². The monoisotopic (exact) mass is 650 g/mol. The summed E-state index contributed by atoms with van der Waals surface area (Å²) in [7, 11) is 4.36. The zero-order valence-electron chi connectivity index (χ0n) is 24.8. The Balaban J connectivity index is 1.23. The van der Waals surface area contributed by atoms with Crippen molar-refractivity contribution in [1.29, 1.82) is 0 Å². The van der Waals surface area contributed by atoms with Crippen LogP contribution in [-0.4, -0.2) is 95.1 Å². The van der Waals surface area contributed by atoms with E-state index in [-0.39, 0.29) is 22.0 Å². The highest BCUT2D eigenvalue weighted by Crippen LogP contribution is 2.42. The van der Waals surface area contributed by atoms with Crippen LogP contribution in [0.4, 0.5) is 10.5 Å². The van der Waals surface area contributed by atoms with Gasteiger partial charge in [0.1, 0.15) is 0 Å². The number of nitrogens with one attached hydrogen (secondary N) is 2. The molecule has 2 saturated heterocycles. The molecule has 45 heavy (non-hydrogen) atoms. The van der Waals surface area contributed by atoms with Crippen LogP contribution in [0.3, 0.4) is 0 Å². The molecule has 14 heteroatoms. The molecule has 2 fully saturated rings. The molecule has 2 aromatic heterocycles. The SMILES string of the molecule is COc1nc(-c2cncc(-c3cccc(NC(=O)C4C=[N+](C)C(=O)N(C)C4=O)c3Cl)c2Cl)ccc1CN1CC2(CNC(=O)C2)C1. The van der Waals surface area contributed by atoms with Crippen molar-refractivity contribution in [2.24, 2.45) is 11.3 Å². The summed E-state index contributed by atoms with van der Waals surface area (Å²) in [6.45, 7) is 3.02. The minimum absolute atomic E-state index is 0.0261. The summed E-state index contributed by atoms with van der Waals surface area (Å²) in [4.78, 5) is 61.7. The summed E-state index contributed by atoms with van der Waals surface area (Å²) < 4.78 is 6.82. The second-order valence-electron chi connectivity index (χ2n) is 11.6. The van der Waals surface area contributed by atoms with Crippen LogP contribution in [0.1, 0.15) is 12.0 Å². The molecule has 3 aromatic rings. The van der Waals surface area contributed by atoms with Crippen molar-refractivity contribution < 1.29 is 28.5 Å². The van der Waals surface area contributed by atoms with Gasteiger partial charge in [0.25, 0.3) is 0 Å². The van der Waals surface area contributed by atoms with Gasteiger partial charge in [-0.15, -0.1) is 0 Å². The largest absolute Gasteiger partial charge is 0.499 e. The number of amides is 5. The van der Waals surface area contributed by atoms with Gasteiger partial charge in [-0.2, -0.15) is 9.69 Å². The van der Waals surface area contributed by atoms with Gasteiger partial charge in [0.2, 0.25) is 17.7 Å². The summed E-state index contributed by atoms with van der Waals surface area (Å²) >= 11 is 13.7. The Hall–Kier alpha value is -4.39. The van der Waals surface area contributed by atoms with Gasteiger partial charge in [-0.1, -0.05) is 41.4 Å². The first-order chi connectivity index (χ1) is 21.5. The Bertz CT molecular complexity index is 1790. The van der Waals surface area contributed by atoms with E-state index >= 15 is 0 Å². The van der Waals surface area contributed by atoms with Crippen molar-refractivity contribution in [2.75, 3.05) is 46.2 Å². The molecule has 6 rings (SSSR count). The average Bonchev–Trinajstić information content (AvgIpc) is 3.41. The number of rotatable bonds is 7. The van der Waals surface area contributed by atoms with E-state index in [4.69, 9.17) is 32.9 Å². The summed E-state index contributed by atoms with van der Waals surface area (Å²) in [5.41, 5.74) is 3.33. The molecule has 0 bridgehead atoms. The van der Waals surface area contributed by atoms with Crippen molar-refractivity contribution >= 4 is 58.9 Å². The fourth-order valence-electron chi connectivity index (χ4n) is 6.08. The predicted octanol–water partition coefficient (Wildman–Crippen LogP) is 3.31. The zero-order valence-corrected chi connectivity index (χ0v) is 26.3. The maximum absolute atomic E-state index is 13.1. The number of ether oxygens (including phenoxy) is 1. The number of anilines is 1. The van der Waals surface area contributed by atoms with Crippen LogP contribution in [0.2, 0.25) is 10.0 Å². The second kappa shape index (κ2) is 11.8. The Morgan fingerprint density at radius 3 is 2.58 bits per heavy atom. The van der Waals surface area contributed by atoms with Crippen molar-refractivity contribution in [3.63, 3.8) is 0 Å². The number of likely N-dealkylation sites (tertiary alicyclic amines) is 1. The first-order valence-corrected chi connectivity index (χ1v) is 14.9. The molecule has 0 aliphatic carbocycles. The molecule has 1 unspecified atom stereocenters. The summed E-state index contributed by atoms with van der Waals surface area (Å²) in [6, 6.07) is 8.32. The number of nitrogens with zero attached hydrogens (tertiary/aromatic N) is 5. The minimum Gasteiger partial charge on any atom is -0.481 e. The van der Waals surface area contributed by atoms with Crippen LogP contribution in [0.15, 0.2) is 42.7 Å². The van der Waals surface area contributed by atoms with Crippen molar-refractivity contribution in [2.45, 2.75) is 13.0 Å². The van der Waals surface area contributed by atoms with Crippen molar-refractivity contribution in [1.82, 2.24) is 25.1 Å². The van der Waals surface area contributed by atoms with Gasteiger partial charge < -0.3 is 15.4 Å². The average molecular weight is 652 g/mol. The number of hydrogen-bond donors (Lipinski definition) is 2. The lowest BCUT2D eigenvalue weighted by molar-refractivity contribution is -0.400. The Labute approximate surface area is 269 Å². The third-order valence-corrected chi connectivity index (χ3v) is 9.20. The first-order valence-electron chi connectivity index (χ1n) is 14.2. The van der Waals surface area contributed by atoms with E-state index < -0.39 is 23.8 Å². The van der Waals surface area contributed by atoms with Gasteiger partial charge in [-0.05, 0) is 12.1 Å². The predicted molar refractivity (Wildman–Crippen MR) is 167 cm³/mol. The lowest BCUT2D eigenvalue weighted by Crippen LogP contribution is -2.56. The number of benzene rings is 1. The van der Waals surface area contributed by atoms with Crippen LogP contribution in [0.5, 0.6) is 5.88 Å². The van der Waals surface area contributed by atoms with E-state index in [1.165, 1.54) is 24.9 Å². The summed E-state index contributed by atoms with van der Waals surface area (Å²) in [5.74, 6) is -1.92. The highest BCUT2D eigenvalue weighted by Gasteiger charge is 2.48. The molecule has 5 heterocycles. The molecule has 3 aliphatic heterocycles. The summed E-state index contributed by atoms with van der Waals surface area (Å²) in [5, 5.41) is 6.17. The molecule has 12 nitrogen and oxygen atoms in total. The van der Waals surface area contributed by atoms with Crippen molar-refractivity contribution in [3.8, 4) is 28.3 Å². The summed E-state index contributed by atoms with van der Waals surface area (Å²) in [6.07, 6.45) is 5.01. The van der Waals surface area contributed by atoms with Crippen molar-refractivity contribution in [3.05, 3.63) is 58.3 Å². The molecule has 2 N–H and O–H groups in total.